The number of halogens is 4. The van der Waals surface area contributed by atoms with Crippen molar-refractivity contribution in [2.45, 2.75) is 19.3 Å². The van der Waals surface area contributed by atoms with Crippen LogP contribution in [0.15, 0.2) is 115 Å². The average Bonchev–Trinajstić information content (AvgIpc) is 3.06. The Morgan fingerprint density at radius 3 is 1.57 bits per heavy atom. The van der Waals surface area contributed by atoms with E-state index < -0.39 is 23.3 Å². The number of hydrogen-bond donors (Lipinski definition) is 0. The van der Waals surface area contributed by atoms with E-state index in [1.807, 2.05) is 12.1 Å². The van der Waals surface area contributed by atoms with Crippen LogP contribution in [0.3, 0.4) is 0 Å². The molecule has 0 bridgehead atoms. The summed E-state index contributed by atoms with van der Waals surface area (Å²) < 4.78 is 53.4. The van der Waals surface area contributed by atoms with Crippen LogP contribution >= 0.6 is 0 Å². The van der Waals surface area contributed by atoms with E-state index in [4.69, 9.17) is 6.42 Å². The molecule has 1 aliphatic rings. The van der Waals surface area contributed by atoms with E-state index in [1.54, 1.807) is 0 Å². The number of fused-ring (bicyclic) bond motifs is 2. The number of pyridine rings is 1. The van der Waals surface area contributed by atoms with Crippen molar-refractivity contribution in [3.05, 3.63) is 174 Å². The van der Waals surface area contributed by atoms with E-state index in [0.29, 0.717) is 12.1 Å². The Morgan fingerprint density at radius 2 is 1.13 bits per heavy atom. The minimum Gasteiger partial charge on any atom is -0.366 e. The Hall–Kier alpha value is -4.93. The Labute approximate surface area is 287 Å². The third kappa shape index (κ3) is 6.65. The fraction of sp³-hybridized carbons (Fsp3) is 0.0750. The Morgan fingerprint density at radius 1 is 0.660 bits per heavy atom. The van der Waals surface area contributed by atoms with E-state index in [1.165, 1.54) is 40.7 Å². The minimum atomic E-state index is -0.826. The van der Waals surface area contributed by atoms with Gasteiger partial charge in [0.25, 0.3) is 0 Å². The zero-order valence-electron chi connectivity index (χ0n) is 25.2. The van der Waals surface area contributed by atoms with E-state index in [0.717, 1.165) is 23.4 Å². The monoisotopic (exact) mass is 806 g/mol. The van der Waals surface area contributed by atoms with Gasteiger partial charge in [-0.05, 0) is 34.6 Å². The standard InChI is InChI=1S/C23H18N.C17H7F4N.Au/c1-4-17-13-15-18(16-14-17)24-21-11-7-5-9-19(21)23(2,3)20-10-6-8-12-22(20)24;18-10-4-6-12(14(20)8-10)16-2-1-3-17(22-16)13-7-5-11(19)9-15(13)21;/h5-16H,2-3H3;1-5,8-9H;/q-1;-2;+3. The molecule has 0 N–H and O–H groups in total. The number of aromatic nitrogens is 1. The summed E-state index contributed by atoms with van der Waals surface area (Å²) in [7, 11) is 0. The number of nitrogens with zero attached hydrogens (tertiary/aromatic N) is 2. The van der Waals surface area contributed by atoms with Gasteiger partial charge >= 0.3 is 22.4 Å². The van der Waals surface area contributed by atoms with Crippen molar-refractivity contribution < 1.29 is 39.9 Å². The molecule has 5 aromatic carbocycles. The Kier molecular flexibility index (Phi) is 9.83. The van der Waals surface area contributed by atoms with Crippen LogP contribution in [0.1, 0.15) is 30.5 Å². The molecule has 1 aromatic heterocycles. The minimum absolute atomic E-state index is 0. The van der Waals surface area contributed by atoms with Crippen LogP contribution in [-0.4, -0.2) is 4.98 Å². The molecule has 0 unspecified atom stereocenters. The molecule has 234 valence electrons. The van der Waals surface area contributed by atoms with Gasteiger partial charge in [0, 0.05) is 34.4 Å². The predicted octanol–water partition coefficient (Wildman–Crippen LogP) is 10.3. The van der Waals surface area contributed by atoms with Crippen LogP contribution in [0.25, 0.3) is 22.5 Å². The van der Waals surface area contributed by atoms with E-state index in [9.17, 15) is 17.6 Å². The number of hydrogen-bond acceptors (Lipinski definition) is 2. The van der Waals surface area contributed by atoms with Gasteiger partial charge in [-0.3, -0.25) is 23.5 Å². The summed E-state index contributed by atoms with van der Waals surface area (Å²) in [4.78, 5) is 6.42. The van der Waals surface area contributed by atoms with E-state index in [2.05, 4.69) is 102 Å². The maximum Gasteiger partial charge on any atom is 3.00 e. The van der Waals surface area contributed by atoms with Crippen LogP contribution in [0.2, 0.25) is 0 Å². The van der Waals surface area contributed by atoms with Crippen molar-refractivity contribution in [1.82, 2.24) is 4.98 Å². The van der Waals surface area contributed by atoms with Crippen LogP contribution in [0.5, 0.6) is 0 Å². The van der Waals surface area contributed by atoms with Crippen LogP contribution in [-0.2, 0) is 27.8 Å². The van der Waals surface area contributed by atoms with Crippen molar-refractivity contribution in [1.29, 1.82) is 0 Å². The first-order valence-electron chi connectivity index (χ1n) is 14.4. The van der Waals surface area contributed by atoms with Gasteiger partial charge in [-0.2, -0.15) is 0 Å². The number of rotatable bonds is 3. The normalized spacial score (nSPS) is 12.4. The number of anilines is 3. The van der Waals surface area contributed by atoms with Crippen molar-refractivity contribution in [2.24, 2.45) is 0 Å². The second kappa shape index (κ2) is 13.8. The maximum atomic E-state index is 13.8. The van der Waals surface area contributed by atoms with E-state index >= 15 is 0 Å². The van der Waals surface area contributed by atoms with Crippen LogP contribution in [0.4, 0.5) is 34.6 Å². The smallest absolute Gasteiger partial charge is 0.366 e. The molecule has 2 nitrogen and oxygen atoms in total. The Bertz CT molecular complexity index is 1990. The van der Waals surface area contributed by atoms with Crippen molar-refractivity contribution in [3.8, 4) is 28.4 Å². The summed E-state index contributed by atoms with van der Waals surface area (Å²) >= 11 is 0. The zero-order chi connectivity index (χ0) is 32.4. The van der Waals surface area contributed by atoms with Gasteiger partial charge in [0.2, 0.25) is 0 Å². The molecular formula is C40H25AuF4N2. The molecule has 47 heavy (non-hydrogen) atoms. The summed E-state index contributed by atoms with van der Waals surface area (Å²) in [6.07, 6.45) is 7.28. The van der Waals surface area contributed by atoms with Crippen LogP contribution in [0, 0.1) is 47.7 Å². The first-order valence-corrected chi connectivity index (χ1v) is 14.4. The maximum absolute atomic E-state index is 13.8. The second-order valence-corrected chi connectivity index (χ2v) is 11.2. The predicted molar refractivity (Wildman–Crippen MR) is 172 cm³/mol. The zero-order valence-corrected chi connectivity index (χ0v) is 27.3. The fourth-order valence-electron chi connectivity index (χ4n) is 5.64. The van der Waals surface area contributed by atoms with Gasteiger partial charge < -0.3 is 16.3 Å². The largest absolute Gasteiger partial charge is 3.00 e. The molecule has 6 aromatic rings. The summed E-state index contributed by atoms with van der Waals surface area (Å²) in [5.74, 6) is -0.720. The molecule has 1 aliphatic heterocycles. The second-order valence-electron chi connectivity index (χ2n) is 11.2. The first kappa shape index (κ1) is 33.4. The van der Waals surface area contributed by atoms with Gasteiger partial charge in [-0.25, -0.2) is 0 Å². The van der Waals surface area contributed by atoms with Gasteiger partial charge in [0.1, 0.15) is 0 Å². The summed E-state index contributed by atoms with van der Waals surface area (Å²) in [5.41, 5.74) is 7.18. The van der Waals surface area contributed by atoms with Crippen molar-refractivity contribution >= 4 is 17.1 Å². The molecule has 0 fully saturated rings. The molecular weight excluding hydrogens is 781 g/mol. The summed E-state index contributed by atoms with van der Waals surface area (Å²) in [6, 6.07) is 38.0. The van der Waals surface area contributed by atoms with Crippen molar-refractivity contribution in [3.63, 3.8) is 0 Å². The molecule has 2 heterocycles. The van der Waals surface area contributed by atoms with Gasteiger partial charge in [0.15, 0.2) is 0 Å². The molecule has 0 aliphatic carbocycles. The van der Waals surface area contributed by atoms with Crippen LogP contribution < -0.4 is 4.90 Å². The molecule has 0 spiro atoms. The molecule has 0 atom stereocenters. The molecule has 7 rings (SSSR count). The van der Waals surface area contributed by atoms with Gasteiger partial charge in [-0.15, -0.1) is 42.0 Å². The fourth-order valence-corrected chi connectivity index (χ4v) is 5.64. The molecule has 0 saturated heterocycles. The molecule has 7 heteroatoms. The number of para-hydroxylation sites is 2. The SMILES string of the molecule is Fc1c[c-]c(-c2cccc(-c3[c-]cc(F)cc3F)n2)c(F)c1.[Au+3].[C-]#Cc1ccc(N2c3ccccc3C(C)(C)c3ccccc32)cc1. The van der Waals surface area contributed by atoms with Gasteiger partial charge in [-0.1, -0.05) is 104 Å². The third-order valence-electron chi connectivity index (χ3n) is 7.88. The third-order valence-corrected chi connectivity index (χ3v) is 7.88. The van der Waals surface area contributed by atoms with Gasteiger partial charge in [0.05, 0.1) is 11.4 Å². The van der Waals surface area contributed by atoms with E-state index in [-0.39, 0.29) is 50.3 Å². The first-order chi connectivity index (χ1) is 22.2. The molecule has 0 radical (unpaired) electrons. The van der Waals surface area contributed by atoms with Crippen molar-refractivity contribution in [2.75, 3.05) is 4.90 Å². The molecule has 0 amide bonds. The summed E-state index contributed by atoms with van der Waals surface area (Å²) in [5, 5.41) is 0. The molecule has 0 saturated carbocycles. The summed E-state index contributed by atoms with van der Waals surface area (Å²) in [6.45, 7) is 4.57. The average molecular weight is 807 g/mol. The quantitative estimate of drug-likeness (QED) is 0.0767. The Balaban J connectivity index is 0.000000181. The topological polar surface area (TPSA) is 16.1 Å². The number of benzene rings is 5.